The van der Waals surface area contributed by atoms with Gasteiger partial charge in [0.1, 0.15) is 0 Å². The molecule has 0 aliphatic carbocycles. The van der Waals surface area contributed by atoms with Gasteiger partial charge in [-0.05, 0) is 26.8 Å². The molecule has 0 saturated carbocycles. The highest BCUT2D eigenvalue weighted by Gasteiger charge is 2.08. The molecule has 1 N–H and O–H groups in total. The van der Waals surface area contributed by atoms with Crippen molar-refractivity contribution < 1.29 is 4.74 Å². The van der Waals surface area contributed by atoms with Gasteiger partial charge in [-0.2, -0.15) is 5.10 Å². The number of pyridine rings is 1. The van der Waals surface area contributed by atoms with Gasteiger partial charge >= 0.3 is 0 Å². The van der Waals surface area contributed by atoms with E-state index >= 15 is 0 Å². The maximum atomic E-state index is 5.10. The summed E-state index contributed by atoms with van der Waals surface area (Å²) in [5, 5.41) is 8.76. The number of ether oxygens (including phenoxy) is 1. The smallest absolute Gasteiger partial charge is 0.158 e. The van der Waals surface area contributed by atoms with Gasteiger partial charge in [-0.15, -0.1) is 0 Å². The van der Waals surface area contributed by atoms with Crippen LogP contribution in [0.1, 0.15) is 26.8 Å². The molecule has 0 amide bonds. The zero-order valence-electron chi connectivity index (χ0n) is 11.3. The van der Waals surface area contributed by atoms with Crippen molar-refractivity contribution in [2.24, 2.45) is 0 Å². The number of methoxy groups -OCH3 is 1. The SMILES string of the molecule is COCC(C)Nc1cnc2c(cnn2C(C)C)c1. The third-order valence-electron chi connectivity index (χ3n) is 2.75. The van der Waals surface area contributed by atoms with Crippen LogP contribution in [0.2, 0.25) is 0 Å². The molecule has 2 aromatic heterocycles. The van der Waals surface area contributed by atoms with Crippen LogP contribution in [0, 0.1) is 0 Å². The van der Waals surface area contributed by atoms with Gasteiger partial charge in [0, 0.05) is 24.6 Å². The van der Waals surface area contributed by atoms with Crippen molar-refractivity contribution in [3.63, 3.8) is 0 Å². The minimum absolute atomic E-state index is 0.259. The van der Waals surface area contributed by atoms with Gasteiger partial charge in [0.2, 0.25) is 0 Å². The highest BCUT2D eigenvalue weighted by molar-refractivity contribution is 5.78. The Morgan fingerprint density at radius 1 is 1.33 bits per heavy atom. The minimum Gasteiger partial charge on any atom is -0.383 e. The quantitative estimate of drug-likeness (QED) is 0.883. The van der Waals surface area contributed by atoms with Crippen LogP contribution < -0.4 is 5.32 Å². The third-order valence-corrected chi connectivity index (χ3v) is 2.75. The number of hydrogen-bond acceptors (Lipinski definition) is 4. The first-order valence-corrected chi connectivity index (χ1v) is 6.20. The molecule has 0 aliphatic rings. The second-order valence-corrected chi connectivity index (χ2v) is 4.82. The van der Waals surface area contributed by atoms with Gasteiger partial charge in [-0.3, -0.25) is 0 Å². The van der Waals surface area contributed by atoms with Crippen molar-refractivity contribution in [3.8, 4) is 0 Å². The first-order valence-electron chi connectivity index (χ1n) is 6.20. The molecule has 98 valence electrons. The van der Waals surface area contributed by atoms with Crippen LogP contribution in [-0.4, -0.2) is 34.5 Å². The molecule has 0 saturated heterocycles. The molecule has 5 nitrogen and oxygen atoms in total. The second-order valence-electron chi connectivity index (χ2n) is 4.82. The highest BCUT2D eigenvalue weighted by atomic mass is 16.5. The van der Waals surface area contributed by atoms with Crippen molar-refractivity contribution in [3.05, 3.63) is 18.5 Å². The lowest BCUT2D eigenvalue weighted by Gasteiger charge is -2.14. The monoisotopic (exact) mass is 248 g/mol. The Balaban J connectivity index is 2.23. The second kappa shape index (κ2) is 5.35. The molecule has 18 heavy (non-hydrogen) atoms. The van der Waals surface area contributed by atoms with Gasteiger partial charge in [-0.1, -0.05) is 0 Å². The number of aromatic nitrogens is 3. The summed E-state index contributed by atoms with van der Waals surface area (Å²) in [6, 6.07) is 2.65. The van der Waals surface area contributed by atoms with Gasteiger partial charge in [-0.25, -0.2) is 9.67 Å². The van der Waals surface area contributed by atoms with E-state index in [-0.39, 0.29) is 6.04 Å². The zero-order chi connectivity index (χ0) is 13.1. The minimum atomic E-state index is 0.259. The van der Waals surface area contributed by atoms with Gasteiger partial charge in [0.05, 0.1) is 24.7 Å². The van der Waals surface area contributed by atoms with Gasteiger partial charge in [0.25, 0.3) is 0 Å². The van der Waals surface area contributed by atoms with E-state index in [1.165, 1.54) is 0 Å². The summed E-state index contributed by atoms with van der Waals surface area (Å²) in [6.45, 7) is 6.94. The van der Waals surface area contributed by atoms with E-state index in [1.807, 2.05) is 17.1 Å². The van der Waals surface area contributed by atoms with Crippen molar-refractivity contribution in [1.29, 1.82) is 0 Å². The molecule has 1 unspecified atom stereocenters. The predicted molar refractivity (Wildman–Crippen MR) is 72.9 cm³/mol. The molecule has 5 heteroatoms. The summed E-state index contributed by atoms with van der Waals surface area (Å²) in [4.78, 5) is 4.47. The molecule has 0 aromatic carbocycles. The Morgan fingerprint density at radius 2 is 2.11 bits per heavy atom. The van der Waals surface area contributed by atoms with Crippen LogP contribution >= 0.6 is 0 Å². The molecular formula is C13H20N4O. The number of nitrogens with one attached hydrogen (secondary N) is 1. The summed E-state index contributed by atoms with van der Waals surface area (Å²) in [6.07, 6.45) is 3.70. The van der Waals surface area contributed by atoms with E-state index in [0.717, 1.165) is 16.7 Å². The van der Waals surface area contributed by atoms with Crippen molar-refractivity contribution in [2.45, 2.75) is 32.9 Å². The van der Waals surface area contributed by atoms with Crippen LogP contribution in [0.15, 0.2) is 18.5 Å². The van der Waals surface area contributed by atoms with E-state index in [2.05, 4.69) is 42.2 Å². The normalized spacial score (nSPS) is 13.2. The number of rotatable bonds is 5. The molecule has 0 radical (unpaired) electrons. The third kappa shape index (κ3) is 2.61. The molecule has 0 bridgehead atoms. The molecule has 2 rings (SSSR count). The van der Waals surface area contributed by atoms with E-state index in [1.54, 1.807) is 7.11 Å². The maximum Gasteiger partial charge on any atom is 0.158 e. The standard InChI is InChI=1S/C13H20N4O/c1-9(2)17-13-11(6-15-17)5-12(7-14-13)16-10(3)8-18-4/h5-7,9-10,16H,8H2,1-4H3. The largest absolute Gasteiger partial charge is 0.383 e. The van der Waals surface area contributed by atoms with E-state index in [9.17, 15) is 0 Å². The number of fused-ring (bicyclic) bond motifs is 1. The molecule has 1 atom stereocenters. The lowest BCUT2D eigenvalue weighted by Crippen LogP contribution is -2.20. The lowest BCUT2D eigenvalue weighted by atomic mass is 10.3. The zero-order valence-corrected chi connectivity index (χ0v) is 11.3. The Bertz CT molecular complexity index is 521. The molecule has 0 fully saturated rings. The Morgan fingerprint density at radius 3 is 2.78 bits per heavy atom. The number of anilines is 1. The predicted octanol–water partition coefficient (Wildman–Crippen LogP) is 2.46. The summed E-state index contributed by atoms with van der Waals surface area (Å²) in [7, 11) is 1.70. The molecule has 0 aliphatic heterocycles. The topological polar surface area (TPSA) is 52.0 Å². The Kier molecular flexibility index (Phi) is 3.81. The number of hydrogen-bond donors (Lipinski definition) is 1. The van der Waals surface area contributed by atoms with Crippen LogP contribution in [-0.2, 0) is 4.74 Å². The van der Waals surface area contributed by atoms with Gasteiger partial charge in [0.15, 0.2) is 5.65 Å². The summed E-state index contributed by atoms with van der Waals surface area (Å²) in [5.74, 6) is 0. The Hall–Kier alpha value is -1.62. The summed E-state index contributed by atoms with van der Waals surface area (Å²) in [5.41, 5.74) is 1.92. The van der Waals surface area contributed by atoms with Crippen molar-refractivity contribution in [2.75, 3.05) is 19.0 Å². The van der Waals surface area contributed by atoms with Crippen molar-refractivity contribution >= 4 is 16.7 Å². The Labute approximate surface area is 107 Å². The fourth-order valence-electron chi connectivity index (χ4n) is 1.97. The van der Waals surface area contributed by atoms with Gasteiger partial charge < -0.3 is 10.1 Å². The van der Waals surface area contributed by atoms with Crippen LogP contribution in [0.3, 0.4) is 0 Å². The molecule has 2 heterocycles. The first-order chi connectivity index (χ1) is 8.61. The fraction of sp³-hybridized carbons (Fsp3) is 0.538. The van der Waals surface area contributed by atoms with E-state index < -0.39 is 0 Å². The fourth-order valence-corrected chi connectivity index (χ4v) is 1.97. The molecular weight excluding hydrogens is 228 g/mol. The highest BCUT2D eigenvalue weighted by Crippen LogP contribution is 2.19. The first kappa shape index (κ1) is 12.8. The summed E-state index contributed by atoms with van der Waals surface area (Å²) >= 11 is 0. The number of nitrogens with zero attached hydrogens (tertiary/aromatic N) is 3. The van der Waals surface area contributed by atoms with E-state index in [0.29, 0.717) is 12.6 Å². The summed E-state index contributed by atoms with van der Waals surface area (Å²) < 4.78 is 7.03. The van der Waals surface area contributed by atoms with Crippen LogP contribution in [0.25, 0.3) is 11.0 Å². The maximum absolute atomic E-state index is 5.10. The van der Waals surface area contributed by atoms with Crippen molar-refractivity contribution in [1.82, 2.24) is 14.8 Å². The molecule has 0 spiro atoms. The van der Waals surface area contributed by atoms with Crippen LogP contribution in [0.4, 0.5) is 5.69 Å². The molecule has 2 aromatic rings. The average molecular weight is 248 g/mol. The van der Waals surface area contributed by atoms with E-state index in [4.69, 9.17) is 4.74 Å². The lowest BCUT2D eigenvalue weighted by molar-refractivity contribution is 0.190. The van der Waals surface area contributed by atoms with Crippen LogP contribution in [0.5, 0.6) is 0 Å². The average Bonchev–Trinajstić information content (AvgIpc) is 2.72.